The highest BCUT2D eigenvalue weighted by molar-refractivity contribution is 5.63. The number of nitrogens with zero attached hydrogens (tertiary/aromatic N) is 2. The molecular weight excluding hydrogens is 192 g/mol. The molecule has 1 unspecified atom stereocenters. The monoisotopic (exact) mass is 206 g/mol. The predicted octanol–water partition coefficient (Wildman–Crippen LogP) is 2.44. The van der Waals surface area contributed by atoms with E-state index in [1.54, 1.807) is 12.1 Å². The summed E-state index contributed by atoms with van der Waals surface area (Å²) in [5.41, 5.74) is 0.971. The van der Waals surface area contributed by atoms with Crippen molar-refractivity contribution in [3.8, 4) is 0 Å². The lowest BCUT2D eigenvalue weighted by atomic mass is 10.2. The smallest absolute Gasteiger partial charge is 0.292 e. The number of hydrogen-bond donors (Lipinski definition) is 0. The first-order valence-corrected chi connectivity index (χ1v) is 5.17. The summed E-state index contributed by atoms with van der Waals surface area (Å²) in [5.74, 6) is 0.629. The van der Waals surface area contributed by atoms with Gasteiger partial charge in [-0.2, -0.15) is 0 Å². The van der Waals surface area contributed by atoms with E-state index in [0.717, 1.165) is 25.2 Å². The second-order valence-corrected chi connectivity index (χ2v) is 4.09. The standard InChI is InChI=1S/C11H14N2O2/c1-9-6-7-12(8-9)10-4-2-3-5-11(10)13(14)15/h2-5,9H,6-8H2,1H3. The number of benzene rings is 1. The van der Waals surface area contributed by atoms with Gasteiger partial charge in [0, 0.05) is 19.2 Å². The van der Waals surface area contributed by atoms with Gasteiger partial charge in [-0.15, -0.1) is 0 Å². The van der Waals surface area contributed by atoms with Gasteiger partial charge in [0.2, 0.25) is 0 Å². The summed E-state index contributed by atoms with van der Waals surface area (Å²) >= 11 is 0. The summed E-state index contributed by atoms with van der Waals surface area (Å²) in [7, 11) is 0. The largest absolute Gasteiger partial charge is 0.366 e. The number of hydrogen-bond acceptors (Lipinski definition) is 3. The van der Waals surface area contributed by atoms with Gasteiger partial charge in [0.15, 0.2) is 0 Å². The Morgan fingerprint density at radius 3 is 2.80 bits per heavy atom. The van der Waals surface area contributed by atoms with E-state index in [4.69, 9.17) is 0 Å². The summed E-state index contributed by atoms with van der Waals surface area (Å²) in [4.78, 5) is 12.6. The molecule has 0 aliphatic carbocycles. The molecule has 0 amide bonds. The first kappa shape index (κ1) is 9.96. The van der Waals surface area contributed by atoms with Gasteiger partial charge in [0.25, 0.3) is 5.69 Å². The Balaban J connectivity index is 2.31. The van der Waals surface area contributed by atoms with Crippen LogP contribution in [0.15, 0.2) is 24.3 Å². The van der Waals surface area contributed by atoms with E-state index in [0.29, 0.717) is 5.92 Å². The Kier molecular flexibility index (Phi) is 2.58. The molecule has 0 saturated carbocycles. The molecule has 80 valence electrons. The van der Waals surface area contributed by atoms with Crippen LogP contribution in [0.2, 0.25) is 0 Å². The molecule has 0 N–H and O–H groups in total. The van der Waals surface area contributed by atoms with Crippen LogP contribution in [-0.2, 0) is 0 Å². The highest BCUT2D eigenvalue weighted by Gasteiger charge is 2.24. The van der Waals surface area contributed by atoms with Crippen molar-refractivity contribution >= 4 is 11.4 Å². The number of para-hydroxylation sites is 2. The van der Waals surface area contributed by atoms with Crippen LogP contribution in [0.5, 0.6) is 0 Å². The number of anilines is 1. The van der Waals surface area contributed by atoms with Crippen LogP contribution in [0.3, 0.4) is 0 Å². The molecule has 4 nitrogen and oxygen atoms in total. The number of rotatable bonds is 2. The second kappa shape index (κ2) is 3.88. The minimum Gasteiger partial charge on any atom is -0.366 e. The summed E-state index contributed by atoms with van der Waals surface area (Å²) in [5, 5.41) is 10.8. The Hall–Kier alpha value is -1.58. The average Bonchev–Trinajstić information content (AvgIpc) is 2.65. The first-order valence-electron chi connectivity index (χ1n) is 5.17. The van der Waals surface area contributed by atoms with Crippen LogP contribution in [0.25, 0.3) is 0 Å². The van der Waals surface area contributed by atoms with Gasteiger partial charge in [-0.25, -0.2) is 0 Å². The fraction of sp³-hybridized carbons (Fsp3) is 0.455. The zero-order chi connectivity index (χ0) is 10.8. The van der Waals surface area contributed by atoms with Gasteiger partial charge in [-0.1, -0.05) is 19.1 Å². The summed E-state index contributed by atoms with van der Waals surface area (Å²) in [6, 6.07) is 6.96. The van der Waals surface area contributed by atoms with Gasteiger partial charge in [0.05, 0.1) is 4.92 Å². The van der Waals surface area contributed by atoms with E-state index in [9.17, 15) is 10.1 Å². The summed E-state index contributed by atoms with van der Waals surface area (Å²) < 4.78 is 0. The third kappa shape index (κ3) is 1.93. The minimum absolute atomic E-state index is 0.214. The van der Waals surface area contributed by atoms with E-state index in [-0.39, 0.29) is 10.6 Å². The van der Waals surface area contributed by atoms with E-state index < -0.39 is 0 Å². The normalized spacial score (nSPS) is 20.6. The molecule has 15 heavy (non-hydrogen) atoms. The van der Waals surface area contributed by atoms with Gasteiger partial charge in [-0.05, 0) is 18.4 Å². The maximum Gasteiger partial charge on any atom is 0.292 e. The topological polar surface area (TPSA) is 46.4 Å². The molecule has 1 aromatic carbocycles. The Bertz CT molecular complexity index is 379. The van der Waals surface area contributed by atoms with Crippen LogP contribution in [0.1, 0.15) is 13.3 Å². The molecule has 1 aliphatic heterocycles. The number of nitro benzene ring substituents is 1. The molecule has 1 aromatic rings. The predicted molar refractivity (Wildman–Crippen MR) is 59.1 cm³/mol. The van der Waals surface area contributed by atoms with Crippen molar-refractivity contribution in [3.05, 3.63) is 34.4 Å². The lowest BCUT2D eigenvalue weighted by molar-refractivity contribution is -0.384. The van der Waals surface area contributed by atoms with Crippen molar-refractivity contribution in [3.63, 3.8) is 0 Å². The molecule has 0 spiro atoms. The van der Waals surface area contributed by atoms with Crippen molar-refractivity contribution < 1.29 is 4.92 Å². The molecule has 4 heteroatoms. The zero-order valence-corrected chi connectivity index (χ0v) is 8.72. The van der Waals surface area contributed by atoms with Gasteiger partial charge in [-0.3, -0.25) is 10.1 Å². The van der Waals surface area contributed by atoms with E-state index >= 15 is 0 Å². The van der Waals surface area contributed by atoms with Gasteiger partial charge >= 0.3 is 0 Å². The van der Waals surface area contributed by atoms with Crippen molar-refractivity contribution in [1.82, 2.24) is 0 Å². The van der Waals surface area contributed by atoms with Gasteiger partial charge in [0.1, 0.15) is 5.69 Å². The van der Waals surface area contributed by atoms with Crippen LogP contribution in [-0.4, -0.2) is 18.0 Å². The maximum absolute atomic E-state index is 10.8. The lowest BCUT2D eigenvalue weighted by Crippen LogP contribution is -2.20. The third-order valence-corrected chi connectivity index (χ3v) is 2.84. The van der Waals surface area contributed by atoms with Crippen molar-refractivity contribution in [1.29, 1.82) is 0 Å². The molecule has 0 aromatic heterocycles. The molecule has 2 rings (SSSR count). The van der Waals surface area contributed by atoms with Crippen LogP contribution < -0.4 is 4.90 Å². The van der Waals surface area contributed by atoms with Crippen molar-refractivity contribution in [2.75, 3.05) is 18.0 Å². The number of nitro groups is 1. The molecule has 1 heterocycles. The van der Waals surface area contributed by atoms with Crippen molar-refractivity contribution in [2.45, 2.75) is 13.3 Å². The first-order chi connectivity index (χ1) is 7.18. The van der Waals surface area contributed by atoms with E-state index in [2.05, 4.69) is 11.8 Å². The van der Waals surface area contributed by atoms with E-state index in [1.165, 1.54) is 0 Å². The Labute approximate surface area is 88.7 Å². The zero-order valence-electron chi connectivity index (χ0n) is 8.72. The maximum atomic E-state index is 10.8. The summed E-state index contributed by atoms with van der Waals surface area (Å²) in [6.07, 6.45) is 1.12. The fourth-order valence-electron chi connectivity index (χ4n) is 2.04. The molecule has 0 bridgehead atoms. The second-order valence-electron chi connectivity index (χ2n) is 4.09. The highest BCUT2D eigenvalue weighted by Crippen LogP contribution is 2.31. The quantitative estimate of drug-likeness (QED) is 0.551. The van der Waals surface area contributed by atoms with Gasteiger partial charge < -0.3 is 4.90 Å². The molecule has 1 fully saturated rings. The molecular formula is C11H14N2O2. The third-order valence-electron chi connectivity index (χ3n) is 2.84. The van der Waals surface area contributed by atoms with Crippen LogP contribution in [0, 0.1) is 16.0 Å². The Morgan fingerprint density at radius 1 is 1.47 bits per heavy atom. The average molecular weight is 206 g/mol. The molecule has 1 saturated heterocycles. The molecule has 1 aliphatic rings. The SMILES string of the molecule is CC1CCN(c2ccccc2[N+](=O)[O-])C1. The summed E-state index contributed by atoms with van der Waals surface area (Å²) in [6.45, 7) is 4.02. The van der Waals surface area contributed by atoms with E-state index in [1.807, 2.05) is 12.1 Å². The molecule has 0 radical (unpaired) electrons. The molecule has 1 atom stereocenters. The fourth-order valence-corrected chi connectivity index (χ4v) is 2.04. The van der Waals surface area contributed by atoms with Crippen LogP contribution in [0.4, 0.5) is 11.4 Å². The van der Waals surface area contributed by atoms with Crippen molar-refractivity contribution in [2.24, 2.45) is 5.92 Å². The van der Waals surface area contributed by atoms with Crippen LogP contribution >= 0.6 is 0 Å². The Morgan fingerprint density at radius 2 is 2.20 bits per heavy atom. The minimum atomic E-state index is -0.307. The highest BCUT2D eigenvalue weighted by atomic mass is 16.6. The lowest BCUT2D eigenvalue weighted by Gasteiger charge is -2.17.